The summed E-state index contributed by atoms with van der Waals surface area (Å²) in [5, 5.41) is 3.48. The lowest BCUT2D eigenvalue weighted by molar-refractivity contribution is 0.181. The van der Waals surface area contributed by atoms with E-state index in [1.165, 1.54) is 0 Å². The minimum Gasteiger partial charge on any atom is -0.378 e. The molecule has 0 aliphatic carbocycles. The molecule has 138 valence electrons. The fourth-order valence-corrected chi connectivity index (χ4v) is 3.24. The van der Waals surface area contributed by atoms with Gasteiger partial charge < -0.3 is 15.0 Å². The Labute approximate surface area is 158 Å². The summed E-state index contributed by atoms with van der Waals surface area (Å²) >= 11 is 0. The molecule has 3 heterocycles. The summed E-state index contributed by atoms with van der Waals surface area (Å²) in [4.78, 5) is 19.9. The molecular formula is C20H22N6O. The zero-order chi connectivity index (χ0) is 18.5. The minimum atomic E-state index is 0.291. The van der Waals surface area contributed by atoms with Gasteiger partial charge in [0.15, 0.2) is 0 Å². The zero-order valence-corrected chi connectivity index (χ0v) is 15.2. The van der Waals surface area contributed by atoms with Crippen LogP contribution in [0.3, 0.4) is 0 Å². The second-order valence-electron chi connectivity index (χ2n) is 6.51. The van der Waals surface area contributed by atoms with Crippen LogP contribution in [0.1, 0.15) is 12.1 Å². The first-order valence-electron chi connectivity index (χ1n) is 9.01. The first-order chi connectivity index (χ1) is 13.3. The van der Waals surface area contributed by atoms with Crippen LogP contribution in [-0.2, 0) is 11.3 Å². The van der Waals surface area contributed by atoms with E-state index in [0.29, 0.717) is 12.6 Å². The van der Waals surface area contributed by atoms with Crippen molar-refractivity contribution < 1.29 is 4.74 Å². The Morgan fingerprint density at radius 3 is 2.89 bits per heavy atom. The number of benzene rings is 1. The third kappa shape index (κ3) is 4.20. The molecule has 7 nitrogen and oxygen atoms in total. The van der Waals surface area contributed by atoms with Crippen LogP contribution < -0.4 is 10.2 Å². The maximum Gasteiger partial charge on any atom is 0.225 e. The summed E-state index contributed by atoms with van der Waals surface area (Å²) in [6, 6.07) is 14.3. The molecule has 27 heavy (non-hydrogen) atoms. The molecule has 1 unspecified atom stereocenters. The first kappa shape index (κ1) is 17.4. The summed E-state index contributed by atoms with van der Waals surface area (Å²) in [6.07, 6.45) is 4.39. The third-order valence-electron chi connectivity index (χ3n) is 4.55. The Kier molecular flexibility index (Phi) is 5.20. The molecule has 0 bridgehead atoms. The Hall–Kier alpha value is -3.06. The lowest BCUT2D eigenvalue weighted by Gasteiger charge is -2.18. The summed E-state index contributed by atoms with van der Waals surface area (Å²) in [5.41, 5.74) is 2.91. The third-order valence-corrected chi connectivity index (χ3v) is 4.55. The lowest BCUT2D eigenvalue weighted by atomic mass is 10.1. The minimum absolute atomic E-state index is 0.291. The topological polar surface area (TPSA) is 76.1 Å². The molecule has 4 rings (SSSR count). The van der Waals surface area contributed by atoms with Crippen molar-refractivity contribution in [2.24, 2.45) is 0 Å². The van der Waals surface area contributed by atoms with Crippen molar-refractivity contribution in [3.05, 3.63) is 60.7 Å². The van der Waals surface area contributed by atoms with E-state index < -0.39 is 0 Å². The van der Waals surface area contributed by atoms with Crippen molar-refractivity contribution in [1.82, 2.24) is 19.9 Å². The SMILES string of the molecule is COCc1cc(NC2CCN(c3nccc(-c4ccccc4)n3)C2)ncn1. The van der Waals surface area contributed by atoms with Crippen LogP contribution in [0.15, 0.2) is 55.0 Å². The predicted molar refractivity (Wildman–Crippen MR) is 104 cm³/mol. The number of aromatic nitrogens is 4. The molecule has 1 saturated heterocycles. The quantitative estimate of drug-likeness (QED) is 0.722. The molecule has 0 radical (unpaired) electrons. The van der Waals surface area contributed by atoms with Crippen molar-refractivity contribution in [2.45, 2.75) is 19.1 Å². The van der Waals surface area contributed by atoms with Gasteiger partial charge in [0.1, 0.15) is 12.1 Å². The van der Waals surface area contributed by atoms with Crippen molar-refractivity contribution in [1.29, 1.82) is 0 Å². The van der Waals surface area contributed by atoms with E-state index in [-0.39, 0.29) is 0 Å². The van der Waals surface area contributed by atoms with Gasteiger partial charge in [-0.1, -0.05) is 30.3 Å². The highest BCUT2D eigenvalue weighted by Crippen LogP contribution is 2.22. The highest BCUT2D eigenvalue weighted by atomic mass is 16.5. The molecule has 7 heteroatoms. The Morgan fingerprint density at radius 2 is 2.04 bits per heavy atom. The fourth-order valence-electron chi connectivity index (χ4n) is 3.24. The monoisotopic (exact) mass is 362 g/mol. The predicted octanol–water partition coefficient (Wildman–Crippen LogP) is 2.77. The molecule has 1 atom stereocenters. The van der Waals surface area contributed by atoms with Crippen LogP contribution in [0.5, 0.6) is 0 Å². The van der Waals surface area contributed by atoms with Gasteiger partial charge in [0.25, 0.3) is 0 Å². The summed E-state index contributed by atoms with van der Waals surface area (Å²) in [7, 11) is 1.66. The van der Waals surface area contributed by atoms with Crippen molar-refractivity contribution >= 4 is 11.8 Å². The van der Waals surface area contributed by atoms with Gasteiger partial charge in [-0.25, -0.2) is 19.9 Å². The number of anilines is 2. The molecule has 1 fully saturated rings. The second kappa shape index (κ2) is 8.09. The smallest absolute Gasteiger partial charge is 0.225 e. The van der Waals surface area contributed by atoms with Crippen molar-refractivity contribution in [2.75, 3.05) is 30.4 Å². The largest absolute Gasteiger partial charge is 0.378 e. The van der Waals surface area contributed by atoms with Crippen molar-refractivity contribution in [3.63, 3.8) is 0 Å². The zero-order valence-electron chi connectivity index (χ0n) is 15.2. The molecule has 3 aromatic rings. The van der Waals surface area contributed by atoms with Gasteiger partial charge in [-0.2, -0.15) is 0 Å². The molecule has 2 aromatic heterocycles. The highest BCUT2D eigenvalue weighted by molar-refractivity contribution is 5.60. The van der Waals surface area contributed by atoms with Gasteiger partial charge >= 0.3 is 0 Å². The number of methoxy groups -OCH3 is 1. The van der Waals surface area contributed by atoms with Crippen LogP contribution in [0.25, 0.3) is 11.3 Å². The van der Waals surface area contributed by atoms with Gasteiger partial charge in [0.2, 0.25) is 5.95 Å². The Morgan fingerprint density at radius 1 is 1.15 bits per heavy atom. The van der Waals surface area contributed by atoms with E-state index >= 15 is 0 Å². The lowest BCUT2D eigenvalue weighted by Crippen LogP contribution is -2.27. The number of hydrogen-bond acceptors (Lipinski definition) is 7. The normalized spacial score (nSPS) is 16.5. The maximum absolute atomic E-state index is 5.13. The number of hydrogen-bond donors (Lipinski definition) is 1. The highest BCUT2D eigenvalue weighted by Gasteiger charge is 2.25. The van der Waals surface area contributed by atoms with Gasteiger partial charge in [0.05, 0.1) is 18.0 Å². The van der Waals surface area contributed by atoms with Crippen LogP contribution in [-0.4, -0.2) is 46.2 Å². The van der Waals surface area contributed by atoms with E-state index in [4.69, 9.17) is 9.72 Å². The average Bonchev–Trinajstić information content (AvgIpc) is 3.18. The molecule has 1 aromatic carbocycles. The first-order valence-corrected chi connectivity index (χ1v) is 9.01. The Bertz CT molecular complexity index is 888. The molecular weight excluding hydrogens is 340 g/mol. The molecule has 1 aliphatic heterocycles. The second-order valence-corrected chi connectivity index (χ2v) is 6.51. The van der Waals surface area contributed by atoms with Gasteiger partial charge in [-0.05, 0) is 12.5 Å². The number of ether oxygens (including phenoxy) is 1. The van der Waals surface area contributed by atoms with Gasteiger partial charge in [-0.15, -0.1) is 0 Å². The van der Waals surface area contributed by atoms with Gasteiger partial charge in [0, 0.05) is 44.1 Å². The van der Waals surface area contributed by atoms with Gasteiger partial charge in [-0.3, -0.25) is 0 Å². The van der Waals surface area contributed by atoms with Crippen LogP contribution >= 0.6 is 0 Å². The van der Waals surface area contributed by atoms with E-state index in [1.807, 2.05) is 36.5 Å². The van der Waals surface area contributed by atoms with Crippen molar-refractivity contribution in [3.8, 4) is 11.3 Å². The van der Waals surface area contributed by atoms with Crippen LogP contribution in [0.4, 0.5) is 11.8 Å². The number of rotatable bonds is 6. The van der Waals surface area contributed by atoms with E-state index in [9.17, 15) is 0 Å². The standard InChI is InChI=1S/C20H22N6O/c1-27-13-17-11-19(23-14-22-17)24-16-8-10-26(12-16)20-21-9-7-18(25-20)15-5-3-2-4-6-15/h2-7,9,11,14,16H,8,10,12-13H2,1H3,(H,22,23,24). The molecule has 0 amide bonds. The van der Waals surface area contributed by atoms with E-state index in [1.54, 1.807) is 13.4 Å². The molecule has 1 N–H and O–H groups in total. The number of nitrogens with one attached hydrogen (secondary N) is 1. The van der Waals surface area contributed by atoms with Crippen LogP contribution in [0, 0.1) is 0 Å². The Balaban J connectivity index is 1.43. The summed E-state index contributed by atoms with van der Waals surface area (Å²) in [5.74, 6) is 1.59. The number of nitrogens with zero attached hydrogens (tertiary/aromatic N) is 5. The molecule has 1 aliphatic rings. The maximum atomic E-state index is 5.13. The van der Waals surface area contributed by atoms with E-state index in [2.05, 4.69) is 37.3 Å². The van der Waals surface area contributed by atoms with Crippen LogP contribution in [0.2, 0.25) is 0 Å². The average molecular weight is 362 g/mol. The summed E-state index contributed by atoms with van der Waals surface area (Å²) in [6.45, 7) is 2.22. The fraction of sp³-hybridized carbons (Fsp3) is 0.300. The molecule has 0 saturated carbocycles. The molecule has 0 spiro atoms. The summed E-state index contributed by atoms with van der Waals surface area (Å²) < 4.78 is 5.13. The van der Waals surface area contributed by atoms with E-state index in [0.717, 1.165) is 48.2 Å².